The van der Waals surface area contributed by atoms with Crippen LogP contribution < -0.4 is 14.9 Å². The van der Waals surface area contributed by atoms with Gasteiger partial charge in [-0.1, -0.05) is 17.7 Å². The minimum atomic E-state index is -0.321. The van der Waals surface area contributed by atoms with Crippen LogP contribution in [0, 0.1) is 6.92 Å². The summed E-state index contributed by atoms with van der Waals surface area (Å²) in [4.78, 5) is 12.1. The van der Waals surface area contributed by atoms with E-state index in [1.54, 1.807) is 37.3 Å². The maximum Gasteiger partial charge on any atom is 0.271 e. The Morgan fingerprint density at radius 2 is 1.92 bits per heavy atom. The number of nitrogens with one attached hydrogen (secondary N) is 1. The summed E-state index contributed by atoms with van der Waals surface area (Å²) in [5, 5.41) is 14.3. The number of benzene rings is 2. The Morgan fingerprint density at radius 1 is 1.17 bits per heavy atom. The van der Waals surface area contributed by atoms with Crippen LogP contribution in [0.1, 0.15) is 28.4 Å². The molecule has 6 nitrogen and oxygen atoms in total. The normalized spacial score (nSPS) is 11.1. The van der Waals surface area contributed by atoms with Crippen LogP contribution >= 0.6 is 0 Å². The van der Waals surface area contributed by atoms with Crippen LogP contribution in [0.15, 0.2) is 41.5 Å². The summed E-state index contributed by atoms with van der Waals surface area (Å²) in [6.45, 7) is 3.59. The molecular formula is C18H20N2O4. The highest BCUT2D eigenvalue weighted by molar-refractivity contribution is 6.03. The molecule has 0 saturated carbocycles. The van der Waals surface area contributed by atoms with Crippen molar-refractivity contribution in [2.45, 2.75) is 13.8 Å². The van der Waals surface area contributed by atoms with E-state index in [1.165, 1.54) is 14.2 Å². The van der Waals surface area contributed by atoms with E-state index in [2.05, 4.69) is 10.5 Å². The number of phenols is 1. The lowest BCUT2D eigenvalue weighted by atomic mass is 10.1. The molecule has 2 aromatic rings. The van der Waals surface area contributed by atoms with Gasteiger partial charge in [-0.2, -0.15) is 5.10 Å². The van der Waals surface area contributed by atoms with Gasteiger partial charge in [-0.05, 0) is 38.1 Å². The largest absolute Gasteiger partial charge is 0.504 e. The first-order chi connectivity index (χ1) is 11.5. The Balaban J connectivity index is 2.24. The van der Waals surface area contributed by atoms with Crippen LogP contribution in [-0.4, -0.2) is 30.9 Å². The number of nitrogens with zero attached hydrogens (tertiary/aromatic N) is 1. The summed E-state index contributed by atoms with van der Waals surface area (Å²) < 4.78 is 10.3. The number of methoxy groups -OCH3 is 2. The number of carbonyl (C=O) groups excluding carboxylic acids is 1. The monoisotopic (exact) mass is 328 g/mol. The first-order valence-electron chi connectivity index (χ1n) is 7.33. The minimum absolute atomic E-state index is 0.0945. The quantitative estimate of drug-likeness (QED) is 0.653. The summed E-state index contributed by atoms with van der Waals surface area (Å²) in [7, 11) is 2.92. The van der Waals surface area contributed by atoms with Crippen LogP contribution in [0.2, 0.25) is 0 Å². The lowest BCUT2D eigenvalue weighted by molar-refractivity contribution is 0.0954. The van der Waals surface area contributed by atoms with Crippen LogP contribution in [0.4, 0.5) is 0 Å². The molecule has 0 heterocycles. The Morgan fingerprint density at radius 3 is 2.54 bits per heavy atom. The van der Waals surface area contributed by atoms with Crippen molar-refractivity contribution in [1.82, 2.24) is 5.43 Å². The predicted molar refractivity (Wildman–Crippen MR) is 92.1 cm³/mol. The van der Waals surface area contributed by atoms with Crippen molar-refractivity contribution < 1.29 is 19.4 Å². The molecule has 0 bridgehead atoms. The molecule has 1 amide bonds. The first kappa shape index (κ1) is 17.3. The molecule has 126 valence electrons. The molecule has 0 radical (unpaired) electrons. The average molecular weight is 328 g/mol. The molecule has 2 rings (SSSR count). The maximum atomic E-state index is 12.1. The summed E-state index contributed by atoms with van der Waals surface area (Å²) in [5.74, 6) is 0.214. The Bertz CT molecular complexity index is 785. The fourth-order valence-electron chi connectivity index (χ4n) is 2.25. The number of hydrogen-bond acceptors (Lipinski definition) is 5. The zero-order valence-corrected chi connectivity index (χ0v) is 14.1. The Labute approximate surface area is 140 Å². The molecule has 0 fully saturated rings. The molecule has 0 aromatic heterocycles. The van der Waals surface area contributed by atoms with Gasteiger partial charge in [-0.3, -0.25) is 4.79 Å². The molecule has 0 aliphatic heterocycles. The van der Waals surface area contributed by atoms with Gasteiger partial charge in [0.15, 0.2) is 11.5 Å². The topological polar surface area (TPSA) is 80.2 Å². The van der Waals surface area contributed by atoms with Gasteiger partial charge in [0.05, 0.1) is 19.9 Å². The molecule has 0 spiro atoms. The standard InChI is InChI=1S/C18H20N2O4/c1-11-6-5-7-13(10-11)18(22)20-19-12(2)14-8-9-15(23-3)17(24-4)16(14)21/h5-10,21H,1-4H3,(H,20,22). The van der Waals surface area contributed by atoms with E-state index >= 15 is 0 Å². The fourth-order valence-corrected chi connectivity index (χ4v) is 2.25. The van der Waals surface area contributed by atoms with Crippen LogP contribution in [0.25, 0.3) is 0 Å². The molecule has 2 N–H and O–H groups in total. The van der Waals surface area contributed by atoms with Gasteiger partial charge in [-0.25, -0.2) is 5.43 Å². The van der Waals surface area contributed by atoms with Crippen LogP contribution in [-0.2, 0) is 0 Å². The third-order valence-corrected chi connectivity index (χ3v) is 3.51. The molecule has 0 saturated heterocycles. The van der Waals surface area contributed by atoms with E-state index in [0.29, 0.717) is 22.6 Å². The van der Waals surface area contributed by atoms with E-state index in [0.717, 1.165) is 5.56 Å². The van der Waals surface area contributed by atoms with E-state index in [-0.39, 0.29) is 17.4 Å². The number of aromatic hydroxyl groups is 1. The molecule has 0 aliphatic rings. The summed E-state index contributed by atoms with van der Waals surface area (Å²) in [6, 6.07) is 10.5. The fraction of sp³-hybridized carbons (Fsp3) is 0.222. The van der Waals surface area contributed by atoms with Crippen molar-refractivity contribution in [1.29, 1.82) is 0 Å². The smallest absolute Gasteiger partial charge is 0.271 e. The number of ether oxygens (including phenoxy) is 2. The second-order valence-electron chi connectivity index (χ2n) is 5.20. The van der Waals surface area contributed by atoms with E-state index in [4.69, 9.17) is 9.47 Å². The highest BCUT2D eigenvalue weighted by Gasteiger charge is 2.16. The van der Waals surface area contributed by atoms with E-state index in [1.807, 2.05) is 13.0 Å². The summed E-state index contributed by atoms with van der Waals surface area (Å²) in [5.41, 5.74) is 4.87. The van der Waals surface area contributed by atoms with Gasteiger partial charge in [0.1, 0.15) is 0 Å². The van der Waals surface area contributed by atoms with Crippen LogP contribution in [0.5, 0.6) is 17.2 Å². The lowest BCUT2D eigenvalue weighted by Crippen LogP contribution is -2.19. The van der Waals surface area contributed by atoms with Crippen molar-refractivity contribution in [2.24, 2.45) is 5.10 Å². The lowest BCUT2D eigenvalue weighted by Gasteiger charge is -2.12. The zero-order chi connectivity index (χ0) is 17.7. The van der Waals surface area contributed by atoms with Crippen molar-refractivity contribution in [3.05, 3.63) is 53.1 Å². The van der Waals surface area contributed by atoms with Gasteiger partial charge in [0.25, 0.3) is 5.91 Å². The number of phenolic OH excluding ortho intramolecular Hbond substituents is 1. The Kier molecular flexibility index (Phi) is 5.42. The molecular weight excluding hydrogens is 308 g/mol. The number of amides is 1. The maximum absolute atomic E-state index is 12.1. The highest BCUT2D eigenvalue weighted by Crippen LogP contribution is 2.38. The number of hydrazone groups is 1. The number of rotatable bonds is 5. The third-order valence-electron chi connectivity index (χ3n) is 3.51. The molecule has 0 atom stereocenters. The van der Waals surface area contributed by atoms with Crippen molar-refractivity contribution in [3.8, 4) is 17.2 Å². The van der Waals surface area contributed by atoms with Gasteiger partial charge < -0.3 is 14.6 Å². The second kappa shape index (κ2) is 7.50. The minimum Gasteiger partial charge on any atom is -0.504 e. The molecule has 24 heavy (non-hydrogen) atoms. The number of aryl methyl sites for hydroxylation is 1. The van der Waals surface area contributed by atoms with Crippen molar-refractivity contribution >= 4 is 11.6 Å². The Hall–Kier alpha value is -3.02. The van der Waals surface area contributed by atoms with E-state index in [9.17, 15) is 9.90 Å². The van der Waals surface area contributed by atoms with Gasteiger partial charge >= 0.3 is 0 Å². The highest BCUT2D eigenvalue weighted by atomic mass is 16.5. The predicted octanol–water partition coefficient (Wildman–Crippen LogP) is 2.87. The van der Waals surface area contributed by atoms with Gasteiger partial charge in [0, 0.05) is 11.1 Å². The molecule has 2 aromatic carbocycles. The number of carbonyl (C=O) groups is 1. The SMILES string of the molecule is COc1ccc(C(C)=NNC(=O)c2cccc(C)c2)c(O)c1OC. The summed E-state index contributed by atoms with van der Waals surface area (Å²) in [6.07, 6.45) is 0. The van der Waals surface area contributed by atoms with Crippen LogP contribution in [0.3, 0.4) is 0 Å². The van der Waals surface area contributed by atoms with E-state index < -0.39 is 0 Å². The second-order valence-corrected chi connectivity index (χ2v) is 5.20. The molecule has 0 unspecified atom stereocenters. The molecule has 0 aliphatic carbocycles. The number of hydrogen-bond donors (Lipinski definition) is 2. The van der Waals surface area contributed by atoms with Crippen molar-refractivity contribution in [3.63, 3.8) is 0 Å². The third kappa shape index (κ3) is 3.65. The zero-order valence-electron chi connectivity index (χ0n) is 14.1. The van der Waals surface area contributed by atoms with Gasteiger partial charge in [0.2, 0.25) is 5.75 Å². The summed E-state index contributed by atoms with van der Waals surface area (Å²) >= 11 is 0. The van der Waals surface area contributed by atoms with Gasteiger partial charge in [-0.15, -0.1) is 0 Å². The first-order valence-corrected chi connectivity index (χ1v) is 7.33. The molecule has 6 heteroatoms. The average Bonchev–Trinajstić information content (AvgIpc) is 2.58. The van der Waals surface area contributed by atoms with Crippen molar-refractivity contribution in [2.75, 3.05) is 14.2 Å².